The Labute approximate surface area is 151 Å². The third-order valence-electron chi connectivity index (χ3n) is 4.03. The van der Waals surface area contributed by atoms with E-state index in [0.717, 1.165) is 23.1 Å². The third kappa shape index (κ3) is 3.69. The van der Waals surface area contributed by atoms with Crippen LogP contribution in [0.3, 0.4) is 0 Å². The summed E-state index contributed by atoms with van der Waals surface area (Å²) in [5, 5.41) is 6.64. The van der Waals surface area contributed by atoms with Crippen molar-refractivity contribution in [1.29, 1.82) is 0 Å². The van der Waals surface area contributed by atoms with Gasteiger partial charge in [-0.25, -0.2) is 9.59 Å². The van der Waals surface area contributed by atoms with E-state index in [1.54, 1.807) is 31.2 Å². The number of hydrogen-bond acceptors (Lipinski definition) is 3. The van der Waals surface area contributed by atoms with Crippen molar-refractivity contribution < 1.29 is 14.3 Å². The van der Waals surface area contributed by atoms with E-state index in [2.05, 4.69) is 22.1 Å². The Balaban J connectivity index is 1.70. The minimum Gasteiger partial charge on any atom is -0.462 e. The molecule has 2 amide bonds. The number of para-hydroxylation sites is 1. The number of carbonyl (C=O) groups excluding carboxylic acids is 2. The molecule has 0 atom stereocenters. The lowest BCUT2D eigenvalue weighted by Crippen LogP contribution is -2.19. The van der Waals surface area contributed by atoms with Crippen LogP contribution < -0.4 is 10.6 Å². The van der Waals surface area contributed by atoms with Gasteiger partial charge in [0.2, 0.25) is 0 Å². The SMILES string of the molecule is CCOC(=O)c1ccc(NC(=O)Nc2cn(CC)c3ccccc23)cc1. The predicted octanol–water partition coefficient (Wildman–Crippen LogP) is 4.48. The number of nitrogens with one attached hydrogen (secondary N) is 2. The molecule has 0 aliphatic rings. The largest absolute Gasteiger partial charge is 0.462 e. The number of carbonyl (C=O) groups is 2. The average molecular weight is 351 g/mol. The van der Waals surface area contributed by atoms with E-state index < -0.39 is 0 Å². The van der Waals surface area contributed by atoms with Gasteiger partial charge in [-0.3, -0.25) is 0 Å². The number of fused-ring (bicyclic) bond motifs is 1. The van der Waals surface area contributed by atoms with Gasteiger partial charge < -0.3 is 19.9 Å². The molecule has 0 fully saturated rings. The number of urea groups is 1. The molecule has 0 unspecified atom stereocenters. The van der Waals surface area contributed by atoms with Crippen LogP contribution in [0.15, 0.2) is 54.7 Å². The quantitative estimate of drug-likeness (QED) is 0.666. The molecule has 1 aromatic heterocycles. The lowest BCUT2D eigenvalue weighted by molar-refractivity contribution is 0.0526. The number of ether oxygens (including phenoxy) is 1. The molecule has 0 spiro atoms. The van der Waals surface area contributed by atoms with E-state index in [9.17, 15) is 9.59 Å². The van der Waals surface area contributed by atoms with Gasteiger partial charge in [0.1, 0.15) is 0 Å². The first-order valence-electron chi connectivity index (χ1n) is 8.55. The van der Waals surface area contributed by atoms with E-state index >= 15 is 0 Å². The summed E-state index contributed by atoms with van der Waals surface area (Å²) < 4.78 is 7.02. The fraction of sp³-hybridized carbons (Fsp3) is 0.200. The maximum atomic E-state index is 12.3. The van der Waals surface area contributed by atoms with Gasteiger partial charge in [0, 0.05) is 23.8 Å². The van der Waals surface area contributed by atoms with Gasteiger partial charge in [-0.15, -0.1) is 0 Å². The van der Waals surface area contributed by atoms with Crippen LogP contribution in [-0.2, 0) is 11.3 Å². The first-order valence-corrected chi connectivity index (χ1v) is 8.55. The summed E-state index contributed by atoms with van der Waals surface area (Å²) in [6, 6.07) is 14.2. The molecular formula is C20H21N3O3. The van der Waals surface area contributed by atoms with Crippen molar-refractivity contribution >= 4 is 34.3 Å². The van der Waals surface area contributed by atoms with Gasteiger partial charge in [-0.2, -0.15) is 0 Å². The molecule has 0 saturated heterocycles. The molecule has 3 aromatic rings. The van der Waals surface area contributed by atoms with Gasteiger partial charge in [0.15, 0.2) is 0 Å². The minimum atomic E-state index is -0.379. The Morgan fingerprint density at radius 1 is 1.00 bits per heavy atom. The molecule has 134 valence electrons. The maximum Gasteiger partial charge on any atom is 0.338 e. The summed E-state index contributed by atoms with van der Waals surface area (Å²) >= 11 is 0. The topological polar surface area (TPSA) is 72.4 Å². The van der Waals surface area contributed by atoms with Crippen LogP contribution in [0.25, 0.3) is 10.9 Å². The smallest absolute Gasteiger partial charge is 0.338 e. The fourth-order valence-electron chi connectivity index (χ4n) is 2.80. The van der Waals surface area contributed by atoms with Gasteiger partial charge in [0.05, 0.1) is 23.4 Å². The van der Waals surface area contributed by atoms with Crippen LogP contribution in [0.1, 0.15) is 24.2 Å². The molecule has 6 nitrogen and oxygen atoms in total. The van der Waals surface area contributed by atoms with Crippen LogP contribution >= 0.6 is 0 Å². The number of hydrogen-bond donors (Lipinski definition) is 2. The van der Waals surface area contributed by atoms with E-state index in [4.69, 9.17) is 4.74 Å². The van der Waals surface area contributed by atoms with Crippen LogP contribution in [-0.4, -0.2) is 23.2 Å². The zero-order valence-electron chi connectivity index (χ0n) is 14.8. The first kappa shape index (κ1) is 17.5. The molecule has 1 heterocycles. The molecule has 3 rings (SSSR count). The van der Waals surface area contributed by atoms with Crippen molar-refractivity contribution in [3.63, 3.8) is 0 Å². The number of esters is 1. The number of amides is 2. The molecule has 6 heteroatoms. The van der Waals surface area contributed by atoms with E-state index in [1.807, 2.05) is 30.5 Å². The summed E-state index contributed by atoms with van der Waals surface area (Å²) in [7, 11) is 0. The summed E-state index contributed by atoms with van der Waals surface area (Å²) in [5.74, 6) is -0.379. The van der Waals surface area contributed by atoms with Crippen molar-refractivity contribution in [3.8, 4) is 0 Å². The van der Waals surface area contributed by atoms with Crippen molar-refractivity contribution in [2.24, 2.45) is 0 Å². The van der Waals surface area contributed by atoms with Crippen molar-refractivity contribution in [1.82, 2.24) is 4.57 Å². The Hall–Kier alpha value is -3.28. The van der Waals surface area contributed by atoms with Gasteiger partial charge in [0.25, 0.3) is 0 Å². The molecule has 0 aliphatic carbocycles. The third-order valence-corrected chi connectivity index (χ3v) is 4.03. The Bertz CT molecular complexity index is 929. The zero-order chi connectivity index (χ0) is 18.5. The zero-order valence-corrected chi connectivity index (χ0v) is 14.8. The van der Waals surface area contributed by atoms with E-state index in [1.165, 1.54) is 0 Å². The Morgan fingerprint density at radius 3 is 2.42 bits per heavy atom. The summed E-state index contributed by atoms with van der Waals surface area (Å²) in [5.41, 5.74) is 2.87. The summed E-state index contributed by atoms with van der Waals surface area (Å²) in [6.45, 7) is 4.96. The van der Waals surface area contributed by atoms with Crippen LogP contribution in [0, 0.1) is 0 Å². The Kier molecular flexibility index (Phi) is 5.22. The van der Waals surface area contributed by atoms with Crippen molar-refractivity contribution in [2.45, 2.75) is 20.4 Å². The molecule has 0 aliphatic heterocycles. The molecule has 2 aromatic carbocycles. The minimum absolute atomic E-state index is 0.326. The maximum absolute atomic E-state index is 12.3. The molecule has 26 heavy (non-hydrogen) atoms. The Morgan fingerprint density at radius 2 is 1.73 bits per heavy atom. The number of nitrogens with zero attached hydrogens (tertiary/aromatic N) is 1. The van der Waals surface area contributed by atoms with Crippen LogP contribution in [0.4, 0.5) is 16.2 Å². The second kappa shape index (κ2) is 7.74. The van der Waals surface area contributed by atoms with Gasteiger partial charge >= 0.3 is 12.0 Å². The highest BCUT2D eigenvalue weighted by atomic mass is 16.5. The van der Waals surface area contributed by atoms with Crippen LogP contribution in [0.2, 0.25) is 0 Å². The van der Waals surface area contributed by atoms with Crippen molar-refractivity contribution in [2.75, 3.05) is 17.2 Å². The number of benzene rings is 2. The molecule has 0 saturated carbocycles. The molecule has 2 N–H and O–H groups in total. The second-order valence-corrected chi connectivity index (χ2v) is 5.72. The highest BCUT2D eigenvalue weighted by molar-refractivity contribution is 6.06. The molecular weight excluding hydrogens is 330 g/mol. The van der Waals surface area contributed by atoms with Crippen LogP contribution in [0.5, 0.6) is 0 Å². The fourth-order valence-corrected chi connectivity index (χ4v) is 2.80. The monoisotopic (exact) mass is 351 g/mol. The van der Waals surface area contributed by atoms with Crippen molar-refractivity contribution in [3.05, 3.63) is 60.3 Å². The first-order chi connectivity index (χ1) is 12.6. The molecule has 0 radical (unpaired) electrons. The average Bonchev–Trinajstić information content (AvgIpc) is 3.00. The highest BCUT2D eigenvalue weighted by Gasteiger charge is 2.11. The number of aryl methyl sites for hydroxylation is 1. The number of rotatable bonds is 5. The number of anilines is 2. The predicted molar refractivity (Wildman–Crippen MR) is 103 cm³/mol. The van der Waals surface area contributed by atoms with E-state index in [0.29, 0.717) is 17.9 Å². The van der Waals surface area contributed by atoms with Gasteiger partial charge in [-0.1, -0.05) is 18.2 Å². The lowest BCUT2D eigenvalue weighted by Gasteiger charge is -2.08. The second-order valence-electron chi connectivity index (χ2n) is 5.72. The number of aromatic nitrogens is 1. The van der Waals surface area contributed by atoms with E-state index in [-0.39, 0.29) is 12.0 Å². The molecule has 0 bridgehead atoms. The lowest BCUT2D eigenvalue weighted by atomic mass is 10.2. The summed E-state index contributed by atoms with van der Waals surface area (Å²) in [4.78, 5) is 24.0. The van der Waals surface area contributed by atoms with Gasteiger partial charge in [-0.05, 0) is 44.2 Å². The summed E-state index contributed by atoms with van der Waals surface area (Å²) in [6.07, 6.45) is 1.92. The standard InChI is InChI=1S/C20H21N3O3/c1-3-23-13-17(16-7-5-6-8-18(16)23)22-20(25)21-15-11-9-14(10-12-15)19(24)26-4-2/h5-13H,3-4H2,1-2H3,(H2,21,22,25). The highest BCUT2D eigenvalue weighted by Crippen LogP contribution is 2.26. The normalized spacial score (nSPS) is 10.5.